The van der Waals surface area contributed by atoms with Crippen molar-refractivity contribution >= 4 is 11.6 Å². The average molecular weight is 393 g/mol. The van der Waals surface area contributed by atoms with E-state index in [2.05, 4.69) is 24.8 Å². The molecule has 1 unspecified atom stereocenters. The Morgan fingerprint density at radius 2 is 1.93 bits per heavy atom. The van der Waals surface area contributed by atoms with Crippen molar-refractivity contribution in [2.24, 2.45) is 0 Å². The first kappa shape index (κ1) is 19.4. The number of hydrogen-bond donors (Lipinski definition) is 1. The average Bonchev–Trinajstić information content (AvgIpc) is 3.21. The van der Waals surface area contributed by atoms with E-state index in [9.17, 15) is 4.79 Å². The lowest BCUT2D eigenvalue weighted by Crippen LogP contribution is -2.48. The van der Waals surface area contributed by atoms with Crippen LogP contribution in [0.1, 0.15) is 37.1 Å². The predicted octanol–water partition coefficient (Wildman–Crippen LogP) is 2.62. The Morgan fingerprint density at radius 3 is 2.72 bits per heavy atom. The molecule has 1 saturated heterocycles. The highest BCUT2D eigenvalue weighted by Crippen LogP contribution is 2.28. The van der Waals surface area contributed by atoms with Gasteiger partial charge in [0.05, 0.1) is 13.2 Å². The topological polar surface area (TPSA) is 71.8 Å². The lowest BCUT2D eigenvalue weighted by Gasteiger charge is -2.34. The number of benzene rings is 1. The van der Waals surface area contributed by atoms with E-state index in [1.165, 1.54) is 0 Å². The Balaban J connectivity index is 1.32. The maximum atomic E-state index is 12.7. The second kappa shape index (κ2) is 8.61. The van der Waals surface area contributed by atoms with Crippen LogP contribution in [0.25, 0.3) is 5.65 Å². The first-order valence-corrected chi connectivity index (χ1v) is 10.1. The zero-order valence-electron chi connectivity index (χ0n) is 16.9. The van der Waals surface area contributed by atoms with Crippen LogP contribution >= 0.6 is 0 Å². The minimum Gasteiger partial charge on any atom is -0.496 e. The molecule has 1 fully saturated rings. The molecule has 0 radical (unpaired) electrons. The summed E-state index contributed by atoms with van der Waals surface area (Å²) >= 11 is 0. The number of hydrogen-bond acceptors (Lipinski definition) is 5. The lowest BCUT2D eigenvalue weighted by molar-refractivity contribution is -0.126. The molecule has 7 nitrogen and oxygen atoms in total. The fraction of sp³-hybridized carbons (Fsp3) is 0.409. The summed E-state index contributed by atoms with van der Waals surface area (Å²) in [6.45, 7) is 4.19. The van der Waals surface area contributed by atoms with Gasteiger partial charge < -0.3 is 10.1 Å². The molecule has 0 bridgehead atoms. The van der Waals surface area contributed by atoms with Gasteiger partial charge in [0.15, 0.2) is 5.65 Å². The van der Waals surface area contributed by atoms with Gasteiger partial charge in [0, 0.05) is 24.2 Å². The molecule has 2 aromatic heterocycles. The first-order chi connectivity index (χ1) is 14.2. The zero-order valence-corrected chi connectivity index (χ0v) is 16.9. The van der Waals surface area contributed by atoms with Gasteiger partial charge in [-0.1, -0.05) is 24.3 Å². The number of fused-ring (bicyclic) bond motifs is 1. The fourth-order valence-electron chi connectivity index (χ4n) is 4.03. The molecule has 1 aliphatic rings. The molecule has 3 heterocycles. The Bertz CT molecular complexity index is 978. The van der Waals surface area contributed by atoms with Crippen molar-refractivity contribution in [3.8, 4) is 5.75 Å². The summed E-state index contributed by atoms with van der Waals surface area (Å²) in [6, 6.07) is 13.5. The van der Waals surface area contributed by atoms with Gasteiger partial charge in [0.1, 0.15) is 11.6 Å². The molecule has 3 aromatic rings. The number of rotatable bonds is 6. The summed E-state index contributed by atoms with van der Waals surface area (Å²) in [4.78, 5) is 14.9. The number of carbonyl (C=O) groups is 1. The quantitative estimate of drug-likeness (QED) is 0.697. The molecule has 1 atom stereocenters. The van der Waals surface area contributed by atoms with Gasteiger partial charge in [-0.05, 0) is 51.1 Å². The van der Waals surface area contributed by atoms with Crippen molar-refractivity contribution in [2.45, 2.75) is 38.3 Å². The molecule has 0 spiro atoms. The van der Waals surface area contributed by atoms with Crippen LogP contribution in [0.4, 0.5) is 0 Å². The van der Waals surface area contributed by atoms with Gasteiger partial charge in [-0.2, -0.15) is 0 Å². The van der Waals surface area contributed by atoms with Crippen LogP contribution < -0.4 is 10.1 Å². The minimum absolute atomic E-state index is 0.0438. The molecule has 0 saturated carbocycles. The van der Waals surface area contributed by atoms with Gasteiger partial charge >= 0.3 is 0 Å². The maximum absolute atomic E-state index is 12.7. The fourth-order valence-corrected chi connectivity index (χ4v) is 4.03. The van der Waals surface area contributed by atoms with Crippen molar-refractivity contribution in [1.29, 1.82) is 0 Å². The monoisotopic (exact) mass is 393 g/mol. The molecule has 1 amide bonds. The molecule has 7 heteroatoms. The van der Waals surface area contributed by atoms with E-state index in [0.29, 0.717) is 12.5 Å². The molecule has 1 N–H and O–H groups in total. The first-order valence-electron chi connectivity index (χ1n) is 10.1. The van der Waals surface area contributed by atoms with Crippen LogP contribution in [-0.4, -0.2) is 51.6 Å². The van der Waals surface area contributed by atoms with Crippen molar-refractivity contribution < 1.29 is 9.53 Å². The Morgan fingerprint density at radius 1 is 1.17 bits per heavy atom. The van der Waals surface area contributed by atoms with Crippen LogP contribution in [0.5, 0.6) is 5.75 Å². The third-order valence-electron chi connectivity index (χ3n) is 5.81. The van der Waals surface area contributed by atoms with Crippen molar-refractivity contribution in [1.82, 2.24) is 24.8 Å². The van der Waals surface area contributed by atoms with E-state index in [1.807, 2.05) is 55.6 Å². The van der Waals surface area contributed by atoms with Gasteiger partial charge in [0.2, 0.25) is 5.91 Å². The number of para-hydroxylation sites is 1. The molecule has 4 rings (SSSR count). The summed E-state index contributed by atoms with van der Waals surface area (Å²) in [5, 5.41) is 11.7. The molecule has 0 aliphatic carbocycles. The SMILES string of the molecule is COc1ccccc1CNC(=O)C(C)N1CCC(c2nnc3ccccn23)CC1. The van der Waals surface area contributed by atoms with Gasteiger partial charge in [0.25, 0.3) is 0 Å². The summed E-state index contributed by atoms with van der Waals surface area (Å²) in [5.41, 5.74) is 1.86. The summed E-state index contributed by atoms with van der Waals surface area (Å²) in [7, 11) is 1.64. The summed E-state index contributed by atoms with van der Waals surface area (Å²) < 4.78 is 7.43. The van der Waals surface area contributed by atoms with Gasteiger partial charge in [-0.25, -0.2) is 0 Å². The number of pyridine rings is 1. The number of methoxy groups -OCH3 is 1. The summed E-state index contributed by atoms with van der Waals surface area (Å²) in [6.07, 6.45) is 3.96. The zero-order chi connectivity index (χ0) is 20.2. The molecular formula is C22H27N5O2. The molecular weight excluding hydrogens is 366 g/mol. The minimum atomic E-state index is -0.166. The molecule has 29 heavy (non-hydrogen) atoms. The van der Waals surface area contributed by atoms with Gasteiger partial charge in [-0.15, -0.1) is 10.2 Å². The van der Waals surface area contributed by atoms with Crippen molar-refractivity contribution in [2.75, 3.05) is 20.2 Å². The van der Waals surface area contributed by atoms with Crippen molar-refractivity contribution in [3.05, 3.63) is 60.0 Å². The highest BCUT2D eigenvalue weighted by Gasteiger charge is 2.29. The largest absolute Gasteiger partial charge is 0.496 e. The number of nitrogens with one attached hydrogen (secondary N) is 1. The third-order valence-corrected chi connectivity index (χ3v) is 5.81. The smallest absolute Gasteiger partial charge is 0.237 e. The highest BCUT2D eigenvalue weighted by atomic mass is 16.5. The molecule has 1 aliphatic heterocycles. The second-order valence-corrected chi connectivity index (χ2v) is 7.50. The van der Waals surface area contributed by atoms with Crippen LogP contribution in [0.3, 0.4) is 0 Å². The van der Waals surface area contributed by atoms with Crippen LogP contribution in [0, 0.1) is 0 Å². The number of piperidine rings is 1. The summed E-state index contributed by atoms with van der Waals surface area (Å²) in [5.74, 6) is 2.23. The Kier molecular flexibility index (Phi) is 5.76. The van der Waals surface area contributed by atoms with Gasteiger partial charge in [-0.3, -0.25) is 14.1 Å². The standard InChI is InChI=1S/C22H27N5O2/c1-16(22(28)23-15-18-7-3-4-8-19(18)29-2)26-13-10-17(11-14-26)21-25-24-20-9-5-6-12-27(20)21/h3-9,12,16-17H,10-11,13-15H2,1-2H3,(H,23,28). The number of likely N-dealkylation sites (tertiary alicyclic amines) is 1. The normalized spacial score (nSPS) is 16.6. The predicted molar refractivity (Wildman–Crippen MR) is 111 cm³/mol. The van der Waals surface area contributed by atoms with E-state index >= 15 is 0 Å². The van der Waals surface area contributed by atoms with Crippen LogP contribution in [0.2, 0.25) is 0 Å². The Labute approximate surface area is 170 Å². The van der Waals surface area contributed by atoms with E-state index in [-0.39, 0.29) is 11.9 Å². The maximum Gasteiger partial charge on any atom is 0.237 e. The molecule has 1 aromatic carbocycles. The van der Waals surface area contributed by atoms with Crippen molar-refractivity contribution in [3.63, 3.8) is 0 Å². The van der Waals surface area contributed by atoms with E-state index < -0.39 is 0 Å². The highest BCUT2D eigenvalue weighted by molar-refractivity contribution is 5.81. The second-order valence-electron chi connectivity index (χ2n) is 7.50. The Hall–Kier alpha value is -2.93. The van der Waals surface area contributed by atoms with E-state index in [1.54, 1.807) is 7.11 Å². The van der Waals surface area contributed by atoms with Crippen LogP contribution in [-0.2, 0) is 11.3 Å². The third kappa shape index (κ3) is 4.10. The number of aromatic nitrogens is 3. The number of ether oxygens (including phenoxy) is 1. The number of nitrogens with zero attached hydrogens (tertiary/aromatic N) is 4. The van der Waals surface area contributed by atoms with Crippen LogP contribution in [0.15, 0.2) is 48.7 Å². The number of carbonyl (C=O) groups excluding carboxylic acids is 1. The number of amides is 1. The molecule has 152 valence electrons. The lowest BCUT2D eigenvalue weighted by atomic mass is 9.95. The van der Waals surface area contributed by atoms with E-state index in [4.69, 9.17) is 4.74 Å². The van der Waals surface area contributed by atoms with E-state index in [0.717, 1.165) is 48.7 Å².